The average Bonchev–Trinajstić information content (AvgIpc) is 2.91. The maximum atomic E-state index is 12.2. The normalized spacial score (nSPS) is 17.4. The number of benzene rings is 1. The second-order valence-electron chi connectivity index (χ2n) is 4.50. The number of hydrogen-bond donors (Lipinski definition) is 3. The van der Waals surface area contributed by atoms with Crippen molar-refractivity contribution in [3.05, 3.63) is 28.8 Å². The number of carbonyl (C=O) groups is 1. The Morgan fingerprint density at radius 1 is 1.55 bits per heavy atom. The van der Waals surface area contributed by atoms with Crippen LogP contribution in [0.3, 0.4) is 0 Å². The first-order valence-electron chi connectivity index (χ1n) is 6.31. The molecule has 1 fully saturated rings. The zero-order valence-electron chi connectivity index (χ0n) is 11.2. The van der Waals surface area contributed by atoms with E-state index < -0.39 is 0 Å². The Bertz CT molecular complexity index is 451. The molecule has 1 amide bonds. The lowest BCUT2D eigenvalue weighted by Crippen LogP contribution is -2.37. The molecule has 0 aromatic heterocycles. The molecule has 1 saturated heterocycles. The van der Waals surface area contributed by atoms with Gasteiger partial charge in [-0.15, -0.1) is 12.4 Å². The van der Waals surface area contributed by atoms with Crippen molar-refractivity contribution < 1.29 is 9.63 Å². The smallest absolute Gasteiger partial charge is 0.253 e. The summed E-state index contributed by atoms with van der Waals surface area (Å²) >= 11 is 5.93. The lowest BCUT2D eigenvalue weighted by molar-refractivity contribution is 0.0950. The molecule has 0 saturated carbocycles. The molecule has 112 valence electrons. The highest BCUT2D eigenvalue weighted by molar-refractivity contribution is 6.31. The summed E-state index contributed by atoms with van der Waals surface area (Å²) in [6.45, 7) is 1.64. The van der Waals surface area contributed by atoms with E-state index in [9.17, 15) is 4.79 Å². The van der Waals surface area contributed by atoms with Crippen molar-refractivity contribution in [2.75, 3.05) is 25.7 Å². The minimum atomic E-state index is -0.157. The van der Waals surface area contributed by atoms with Gasteiger partial charge in [0.1, 0.15) is 0 Å². The summed E-state index contributed by atoms with van der Waals surface area (Å²) in [5.74, 6) is -0.157. The van der Waals surface area contributed by atoms with Crippen LogP contribution in [0.15, 0.2) is 18.2 Å². The van der Waals surface area contributed by atoms with Crippen molar-refractivity contribution in [3.8, 4) is 0 Å². The first-order chi connectivity index (χ1) is 9.20. The molecule has 1 unspecified atom stereocenters. The minimum absolute atomic E-state index is 0. The molecule has 1 aliphatic heterocycles. The zero-order valence-corrected chi connectivity index (χ0v) is 12.8. The molecule has 5 nitrogen and oxygen atoms in total. The molecule has 0 spiro atoms. The molecule has 1 atom stereocenters. The Balaban J connectivity index is 0.00000200. The number of hydrogen-bond acceptors (Lipinski definition) is 4. The van der Waals surface area contributed by atoms with Gasteiger partial charge in [-0.3, -0.25) is 15.1 Å². The van der Waals surface area contributed by atoms with Gasteiger partial charge < -0.3 is 10.6 Å². The van der Waals surface area contributed by atoms with Crippen LogP contribution in [-0.2, 0) is 4.84 Å². The van der Waals surface area contributed by atoms with Gasteiger partial charge in [0.05, 0.1) is 18.4 Å². The van der Waals surface area contributed by atoms with Gasteiger partial charge in [-0.2, -0.15) is 0 Å². The van der Waals surface area contributed by atoms with Crippen LogP contribution in [0.1, 0.15) is 23.2 Å². The molecular weight excluding hydrogens is 301 g/mol. The SMILES string of the molecule is CONc1ccc(Cl)cc1C(=O)NCC1CCCN1.Cl. The predicted molar refractivity (Wildman–Crippen MR) is 82.7 cm³/mol. The second kappa shape index (κ2) is 8.32. The minimum Gasteiger partial charge on any atom is -0.350 e. The van der Waals surface area contributed by atoms with E-state index in [1.165, 1.54) is 7.11 Å². The molecule has 7 heteroatoms. The monoisotopic (exact) mass is 319 g/mol. The Hall–Kier alpha value is -1.01. The van der Waals surface area contributed by atoms with Gasteiger partial charge in [-0.05, 0) is 37.6 Å². The van der Waals surface area contributed by atoms with E-state index in [1.54, 1.807) is 18.2 Å². The van der Waals surface area contributed by atoms with Gasteiger partial charge in [-0.25, -0.2) is 0 Å². The first kappa shape index (κ1) is 17.0. The van der Waals surface area contributed by atoms with Gasteiger partial charge >= 0.3 is 0 Å². The third-order valence-corrected chi connectivity index (χ3v) is 3.34. The summed E-state index contributed by atoms with van der Waals surface area (Å²) in [4.78, 5) is 17.0. The molecule has 20 heavy (non-hydrogen) atoms. The average molecular weight is 320 g/mol. The van der Waals surface area contributed by atoms with Crippen LogP contribution in [-0.4, -0.2) is 32.1 Å². The van der Waals surface area contributed by atoms with Gasteiger partial charge in [0.25, 0.3) is 5.91 Å². The van der Waals surface area contributed by atoms with E-state index in [4.69, 9.17) is 16.4 Å². The fourth-order valence-electron chi connectivity index (χ4n) is 2.15. The quantitative estimate of drug-likeness (QED) is 0.728. The van der Waals surface area contributed by atoms with Crippen molar-refractivity contribution >= 4 is 35.6 Å². The van der Waals surface area contributed by atoms with Gasteiger partial charge in [0, 0.05) is 17.6 Å². The Kier molecular flexibility index (Phi) is 7.09. The molecule has 0 radical (unpaired) electrons. The van der Waals surface area contributed by atoms with Crippen LogP contribution in [0.25, 0.3) is 0 Å². The van der Waals surface area contributed by atoms with E-state index in [2.05, 4.69) is 16.1 Å². The maximum absolute atomic E-state index is 12.2. The Labute approximate surface area is 129 Å². The molecular formula is C13H19Cl2N3O2. The highest BCUT2D eigenvalue weighted by Gasteiger charge is 2.17. The summed E-state index contributed by atoms with van der Waals surface area (Å²) in [7, 11) is 1.50. The number of carbonyl (C=O) groups excluding carboxylic acids is 1. The highest BCUT2D eigenvalue weighted by Crippen LogP contribution is 2.20. The molecule has 1 aliphatic rings. The van der Waals surface area contributed by atoms with Gasteiger partial charge in [0.2, 0.25) is 0 Å². The maximum Gasteiger partial charge on any atom is 0.253 e. The fraction of sp³-hybridized carbons (Fsp3) is 0.462. The van der Waals surface area contributed by atoms with Crippen LogP contribution in [0.2, 0.25) is 5.02 Å². The van der Waals surface area contributed by atoms with E-state index >= 15 is 0 Å². The lowest BCUT2D eigenvalue weighted by Gasteiger charge is -2.14. The highest BCUT2D eigenvalue weighted by atomic mass is 35.5. The molecule has 0 aliphatic carbocycles. The zero-order chi connectivity index (χ0) is 13.7. The van der Waals surface area contributed by atoms with Crippen LogP contribution in [0.4, 0.5) is 5.69 Å². The molecule has 0 bridgehead atoms. The first-order valence-corrected chi connectivity index (χ1v) is 6.68. The number of amides is 1. The number of halogens is 2. The standard InChI is InChI=1S/C13H18ClN3O2.ClH/c1-19-17-12-5-4-9(14)7-11(12)13(18)16-8-10-3-2-6-15-10;/h4-5,7,10,15,17H,2-3,6,8H2,1H3,(H,16,18);1H. The summed E-state index contributed by atoms with van der Waals surface area (Å²) in [5.41, 5.74) is 3.76. The van der Waals surface area contributed by atoms with Crippen molar-refractivity contribution in [2.45, 2.75) is 18.9 Å². The third kappa shape index (κ3) is 4.52. The van der Waals surface area contributed by atoms with E-state index in [0.717, 1.165) is 19.4 Å². The number of nitrogens with one attached hydrogen (secondary N) is 3. The fourth-order valence-corrected chi connectivity index (χ4v) is 2.32. The summed E-state index contributed by atoms with van der Waals surface area (Å²) in [6.07, 6.45) is 2.26. The second-order valence-corrected chi connectivity index (χ2v) is 4.94. The summed E-state index contributed by atoms with van der Waals surface area (Å²) in [6, 6.07) is 5.41. The predicted octanol–water partition coefficient (Wildman–Crippen LogP) is 2.22. The third-order valence-electron chi connectivity index (χ3n) is 3.11. The van der Waals surface area contributed by atoms with Crippen molar-refractivity contribution in [1.29, 1.82) is 0 Å². The van der Waals surface area contributed by atoms with Crippen molar-refractivity contribution in [3.63, 3.8) is 0 Å². The van der Waals surface area contributed by atoms with Crippen molar-refractivity contribution in [1.82, 2.24) is 10.6 Å². The van der Waals surface area contributed by atoms with Crippen molar-refractivity contribution in [2.24, 2.45) is 0 Å². The summed E-state index contributed by atoms with van der Waals surface area (Å²) in [5, 5.41) is 6.76. The largest absolute Gasteiger partial charge is 0.350 e. The van der Waals surface area contributed by atoms with Crippen LogP contribution in [0.5, 0.6) is 0 Å². The number of rotatable bonds is 5. The van der Waals surface area contributed by atoms with Gasteiger partial charge in [-0.1, -0.05) is 11.6 Å². The van der Waals surface area contributed by atoms with Crippen LogP contribution >= 0.6 is 24.0 Å². The van der Waals surface area contributed by atoms with Crippen LogP contribution < -0.4 is 16.1 Å². The number of anilines is 1. The van der Waals surface area contributed by atoms with Crippen LogP contribution in [0, 0.1) is 0 Å². The lowest BCUT2D eigenvalue weighted by atomic mass is 10.1. The Morgan fingerprint density at radius 3 is 3.00 bits per heavy atom. The summed E-state index contributed by atoms with van der Waals surface area (Å²) < 4.78 is 0. The molecule has 1 aromatic carbocycles. The Morgan fingerprint density at radius 2 is 2.35 bits per heavy atom. The van der Waals surface area contributed by atoms with Gasteiger partial charge in [0.15, 0.2) is 0 Å². The molecule has 3 N–H and O–H groups in total. The van der Waals surface area contributed by atoms with E-state index in [-0.39, 0.29) is 18.3 Å². The van der Waals surface area contributed by atoms with E-state index in [1.807, 2.05) is 0 Å². The molecule has 1 aromatic rings. The van der Waals surface area contributed by atoms with E-state index in [0.29, 0.717) is 28.9 Å². The molecule has 2 rings (SSSR count). The topological polar surface area (TPSA) is 62.4 Å². The molecule has 1 heterocycles.